The monoisotopic (exact) mass is 379 g/mol. The van der Waals surface area contributed by atoms with Crippen LogP contribution in [0.5, 0.6) is 0 Å². The summed E-state index contributed by atoms with van der Waals surface area (Å²) in [4.78, 5) is 13.3. The lowest BCUT2D eigenvalue weighted by Crippen LogP contribution is -2.54. The van der Waals surface area contributed by atoms with Crippen LogP contribution in [0.4, 0.5) is 0 Å². The largest absolute Gasteiger partial charge is 0.369 e. The summed E-state index contributed by atoms with van der Waals surface area (Å²) in [5, 5.41) is 1.52. The van der Waals surface area contributed by atoms with Crippen molar-refractivity contribution in [2.75, 3.05) is 0 Å². The summed E-state index contributed by atoms with van der Waals surface area (Å²) in [6.07, 6.45) is 6.84. The fraction of sp³-hybridized carbons (Fsp3) is 0.583. The highest BCUT2D eigenvalue weighted by Crippen LogP contribution is 2.57. The molecule has 3 unspecified atom stereocenters. The van der Waals surface area contributed by atoms with Gasteiger partial charge in [-0.3, -0.25) is 4.79 Å². The maximum absolute atomic E-state index is 13.3. The molecule has 0 radical (unpaired) electrons. The Hall–Kier alpha value is -1.48. The Kier molecular flexibility index (Phi) is 4.19. The Balaban J connectivity index is 2.06. The molecule has 144 valence electrons. The van der Waals surface area contributed by atoms with Crippen molar-refractivity contribution in [3.63, 3.8) is 0 Å². The molecule has 2 N–H and O–H groups in total. The highest BCUT2D eigenvalue weighted by Gasteiger charge is 2.60. The van der Waals surface area contributed by atoms with Crippen LogP contribution in [0, 0.1) is 11.8 Å². The summed E-state index contributed by atoms with van der Waals surface area (Å²) in [7, 11) is -0.719. The molecular formula is C24H33NOSi. The zero-order valence-corrected chi connectivity index (χ0v) is 18.7. The number of hydrogen-bond acceptors (Lipinski definition) is 1. The molecule has 0 aromatic heterocycles. The fourth-order valence-corrected chi connectivity index (χ4v) is 8.54. The van der Waals surface area contributed by atoms with Crippen molar-refractivity contribution in [2.45, 2.75) is 77.3 Å². The van der Waals surface area contributed by atoms with Gasteiger partial charge in [-0.15, -0.1) is 0 Å². The van der Waals surface area contributed by atoms with Crippen molar-refractivity contribution < 1.29 is 4.79 Å². The van der Waals surface area contributed by atoms with E-state index in [0.717, 1.165) is 19.3 Å². The first-order valence-corrected chi connectivity index (χ1v) is 12.9. The Morgan fingerprint density at radius 3 is 2.52 bits per heavy atom. The van der Waals surface area contributed by atoms with Gasteiger partial charge in [-0.05, 0) is 72.1 Å². The topological polar surface area (TPSA) is 43.1 Å². The van der Waals surface area contributed by atoms with E-state index in [9.17, 15) is 4.79 Å². The van der Waals surface area contributed by atoms with Crippen LogP contribution in [0.3, 0.4) is 0 Å². The van der Waals surface area contributed by atoms with E-state index in [1.54, 1.807) is 0 Å². The maximum atomic E-state index is 13.3. The molecule has 2 bridgehead atoms. The second-order valence-electron chi connectivity index (χ2n) is 10.3. The second-order valence-corrected chi connectivity index (χ2v) is 12.8. The summed E-state index contributed by atoms with van der Waals surface area (Å²) in [5.74, 6) is 0.916. The first-order chi connectivity index (χ1) is 12.6. The molecule has 1 aromatic carbocycles. The third kappa shape index (κ3) is 2.57. The lowest BCUT2D eigenvalue weighted by Gasteiger charge is -2.41. The predicted molar refractivity (Wildman–Crippen MR) is 117 cm³/mol. The smallest absolute Gasteiger partial charge is 0.232 e. The van der Waals surface area contributed by atoms with Gasteiger partial charge in [0.25, 0.3) is 0 Å². The minimum Gasteiger partial charge on any atom is -0.369 e. The molecule has 3 aliphatic rings. The summed E-state index contributed by atoms with van der Waals surface area (Å²) in [6.45, 7) is 13.7. The van der Waals surface area contributed by atoms with E-state index in [4.69, 9.17) is 5.73 Å². The van der Waals surface area contributed by atoms with E-state index in [-0.39, 0.29) is 11.3 Å². The molecule has 2 nitrogen and oxygen atoms in total. The zero-order valence-electron chi connectivity index (χ0n) is 17.7. The number of fused-ring (bicyclic) bond motifs is 3. The number of carbonyl (C=O) groups is 1. The molecule has 1 amide bonds. The van der Waals surface area contributed by atoms with Crippen LogP contribution in [0.25, 0.3) is 6.08 Å². The molecular weight excluding hydrogens is 346 g/mol. The minimum atomic E-state index is -0.719. The van der Waals surface area contributed by atoms with Gasteiger partial charge < -0.3 is 5.73 Å². The van der Waals surface area contributed by atoms with E-state index in [0.29, 0.717) is 11.8 Å². The molecule has 3 aliphatic carbocycles. The Labute approximate surface area is 165 Å². The molecule has 0 heterocycles. The van der Waals surface area contributed by atoms with Crippen LogP contribution >= 0.6 is 0 Å². The number of rotatable bonds is 2. The van der Waals surface area contributed by atoms with Crippen molar-refractivity contribution >= 4 is 25.6 Å². The third-order valence-corrected chi connectivity index (χ3v) is 9.12. The van der Waals surface area contributed by atoms with Crippen LogP contribution < -0.4 is 5.73 Å². The lowest BCUT2D eigenvalue weighted by atomic mass is 9.65. The number of amides is 1. The van der Waals surface area contributed by atoms with E-state index in [1.165, 1.54) is 39.4 Å². The zero-order chi connectivity index (χ0) is 19.7. The van der Waals surface area contributed by atoms with Crippen molar-refractivity contribution in [3.8, 4) is 0 Å². The fourth-order valence-electron chi connectivity index (χ4n) is 6.21. The molecule has 4 rings (SSSR count). The van der Waals surface area contributed by atoms with Gasteiger partial charge in [0.1, 0.15) is 0 Å². The highest BCUT2D eigenvalue weighted by molar-refractivity contribution is 6.72. The highest BCUT2D eigenvalue weighted by atomic mass is 28.2. The summed E-state index contributed by atoms with van der Waals surface area (Å²) in [5.41, 5.74) is 12.5. The van der Waals surface area contributed by atoms with E-state index in [2.05, 4.69) is 59.0 Å². The van der Waals surface area contributed by atoms with Gasteiger partial charge in [0, 0.05) is 8.41 Å². The van der Waals surface area contributed by atoms with Gasteiger partial charge in [0.15, 0.2) is 0 Å². The molecule has 27 heavy (non-hydrogen) atoms. The molecule has 1 aromatic rings. The number of nitrogens with two attached hydrogens (primary N) is 1. The van der Waals surface area contributed by atoms with Crippen molar-refractivity contribution in [3.05, 3.63) is 40.0 Å². The number of carbonyl (C=O) groups excluding carboxylic acids is 1. The average molecular weight is 380 g/mol. The van der Waals surface area contributed by atoms with Gasteiger partial charge in [-0.25, -0.2) is 0 Å². The first kappa shape index (κ1) is 18.9. The van der Waals surface area contributed by atoms with Gasteiger partial charge in [0.2, 0.25) is 5.91 Å². The van der Waals surface area contributed by atoms with Crippen LogP contribution in [0.15, 0.2) is 17.7 Å². The number of primary amides is 1. The Bertz CT molecular complexity index is 898. The summed E-state index contributed by atoms with van der Waals surface area (Å²) >= 11 is 0. The standard InChI is InChI=1S/C24H33NOSi/c1-14-9-16-12-18(23(2,3)4)13-20(19(16)10-14)24(22(25)26)17-8-7-15(11-17)21(24)27(5)6/h9,12-13,15,17H,7-8,10-11H2,1-6H3,(H2,25,26). The molecule has 0 aliphatic heterocycles. The van der Waals surface area contributed by atoms with Crippen molar-refractivity contribution in [1.29, 1.82) is 0 Å². The molecule has 0 saturated heterocycles. The van der Waals surface area contributed by atoms with Crippen LogP contribution in [0.1, 0.15) is 69.2 Å². The SMILES string of the molecule is CC1=Cc2cc(C(C)(C)C)cc(C3(C(N)=O)C(=[Si](C)C)C4CCC3C4)c2C1. The van der Waals surface area contributed by atoms with Gasteiger partial charge in [0.05, 0.1) is 5.41 Å². The van der Waals surface area contributed by atoms with Crippen LogP contribution in [0.2, 0.25) is 13.1 Å². The van der Waals surface area contributed by atoms with Gasteiger partial charge >= 0.3 is 0 Å². The Morgan fingerprint density at radius 2 is 1.93 bits per heavy atom. The van der Waals surface area contributed by atoms with Crippen molar-refractivity contribution in [2.24, 2.45) is 17.6 Å². The molecule has 0 spiro atoms. The van der Waals surface area contributed by atoms with E-state index in [1.807, 2.05) is 0 Å². The minimum absolute atomic E-state index is 0.0525. The molecule has 2 fully saturated rings. The van der Waals surface area contributed by atoms with Crippen molar-refractivity contribution in [1.82, 2.24) is 0 Å². The lowest BCUT2D eigenvalue weighted by molar-refractivity contribution is -0.122. The third-order valence-electron chi connectivity index (χ3n) is 7.24. The number of benzene rings is 1. The van der Waals surface area contributed by atoms with Gasteiger partial charge in [-0.2, -0.15) is 0 Å². The molecule has 3 heteroatoms. The first-order valence-electron chi connectivity index (χ1n) is 10.4. The maximum Gasteiger partial charge on any atom is 0.232 e. The van der Waals surface area contributed by atoms with E-state index < -0.39 is 13.8 Å². The van der Waals surface area contributed by atoms with Gasteiger partial charge in [-0.1, -0.05) is 62.8 Å². The van der Waals surface area contributed by atoms with Crippen LogP contribution in [-0.4, -0.2) is 19.5 Å². The predicted octanol–water partition coefficient (Wildman–Crippen LogP) is 4.61. The quantitative estimate of drug-likeness (QED) is 0.750. The average Bonchev–Trinajstić information content (AvgIpc) is 3.23. The second kappa shape index (κ2) is 6.01. The Morgan fingerprint density at radius 1 is 1.22 bits per heavy atom. The molecule has 3 atom stereocenters. The summed E-state index contributed by atoms with van der Waals surface area (Å²) < 4.78 is 0. The number of hydrogen-bond donors (Lipinski definition) is 1. The van der Waals surface area contributed by atoms with Crippen LogP contribution in [-0.2, 0) is 22.0 Å². The normalized spacial score (nSPS) is 29.1. The summed E-state index contributed by atoms with van der Waals surface area (Å²) in [6, 6.07) is 4.71. The molecule has 2 saturated carbocycles. The number of allylic oxidation sites excluding steroid dienone is 1. The van der Waals surface area contributed by atoms with E-state index >= 15 is 0 Å².